The van der Waals surface area contributed by atoms with Crippen molar-refractivity contribution in [2.75, 3.05) is 0 Å². The number of carboxylic acid groups (broad SMARTS) is 1. The maximum absolute atomic E-state index is 9.00. The first kappa shape index (κ1) is 15.7. The molecule has 0 aromatic heterocycles. The molecule has 0 saturated heterocycles. The van der Waals surface area contributed by atoms with Crippen LogP contribution in [-0.2, 0) is 32.0 Å². The molecule has 0 aromatic carbocycles. The van der Waals surface area contributed by atoms with Crippen molar-refractivity contribution >= 4 is 12.3 Å². The maximum Gasteiger partial charge on any atom is 1.00 e. The monoisotopic (exact) mass is 210 g/mol. The molecule has 0 bridgehead atoms. The van der Waals surface area contributed by atoms with Gasteiger partial charge in [0.15, 0.2) is 0 Å². The summed E-state index contributed by atoms with van der Waals surface area (Å²) in [6.07, 6.45) is 1.50. The average Bonchev–Trinajstić information content (AvgIpc) is 1.33. The van der Waals surface area contributed by atoms with E-state index in [0.717, 1.165) is 6.92 Å². The molecule has 0 saturated carbocycles. The summed E-state index contributed by atoms with van der Waals surface area (Å²) < 4.78 is 0. The first-order valence-corrected chi connectivity index (χ1v) is 1.63. The van der Waals surface area contributed by atoms with Crippen LogP contribution in [0.5, 0.6) is 0 Å². The van der Waals surface area contributed by atoms with Gasteiger partial charge in [0, 0.05) is 6.92 Å². The third-order valence-electron chi connectivity index (χ3n) is 0. The van der Waals surface area contributed by atoms with Crippen molar-refractivity contribution in [1.29, 1.82) is 0 Å². The van der Waals surface area contributed by atoms with Gasteiger partial charge in [-0.1, -0.05) is 0 Å². The summed E-state index contributed by atoms with van der Waals surface area (Å²) in [6.45, 7) is 2.40. The molecule has 0 spiro atoms. The Bertz CT molecular complexity index is 58.3. The molecule has 0 radical (unpaired) electrons. The van der Waals surface area contributed by atoms with Crippen LogP contribution in [0.2, 0.25) is 0 Å². The molecule has 0 atom stereocenters. The number of carbonyl (C=O) groups excluding carboxylic acids is 1. The van der Waals surface area contributed by atoms with Gasteiger partial charge in [-0.05, 0) is 0 Å². The molecule has 8 heavy (non-hydrogen) atoms. The SMILES string of the molecule is CC(=O)O.C[C-]=O.[Ag+]. The van der Waals surface area contributed by atoms with Crippen LogP contribution in [0, 0.1) is 0 Å². The Hall–Kier alpha value is -0.120. The van der Waals surface area contributed by atoms with Crippen LogP contribution in [0.1, 0.15) is 13.8 Å². The Morgan fingerprint density at radius 3 is 1.62 bits per heavy atom. The van der Waals surface area contributed by atoms with Gasteiger partial charge in [-0.15, -0.1) is 0 Å². The summed E-state index contributed by atoms with van der Waals surface area (Å²) in [6, 6.07) is 0. The molecule has 0 aliphatic carbocycles. The van der Waals surface area contributed by atoms with E-state index in [9.17, 15) is 0 Å². The van der Waals surface area contributed by atoms with E-state index in [1.165, 1.54) is 13.2 Å². The Balaban J connectivity index is -0.0000000575. The molecular formula is C4H7AgO3. The van der Waals surface area contributed by atoms with Crippen LogP contribution in [0.4, 0.5) is 0 Å². The predicted molar refractivity (Wildman–Crippen MR) is 24.7 cm³/mol. The topological polar surface area (TPSA) is 54.4 Å². The first-order valence-electron chi connectivity index (χ1n) is 1.63. The van der Waals surface area contributed by atoms with E-state index < -0.39 is 5.97 Å². The van der Waals surface area contributed by atoms with Gasteiger partial charge in [-0.25, -0.2) is 0 Å². The third kappa shape index (κ3) is 9770. The van der Waals surface area contributed by atoms with Crippen molar-refractivity contribution in [3.8, 4) is 0 Å². The molecule has 52 valence electrons. The van der Waals surface area contributed by atoms with Crippen LogP contribution < -0.4 is 0 Å². The van der Waals surface area contributed by atoms with E-state index in [1.54, 1.807) is 0 Å². The fraction of sp³-hybridized carbons (Fsp3) is 0.500. The van der Waals surface area contributed by atoms with Crippen LogP contribution in [0.25, 0.3) is 0 Å². The van der Waals surface area contributed by atoms with Crippen molar-refractivity contribution in [3.63, 3.8) is 0 Å². The second kappa shape index (κ2) is 15.8. The predicted octanol–water partition coefficient (Wildman–Crippen LogP) is 0.204. The molecule has 0 rings (SSSR count). The third-order valence-corrected chi connectivity index (χ3v) is 0. The minimum Gasteiger partial charge on any atom is -0.542 e. The summed E-state index contributed by atoms with van der Waals surface area (Å²) in [4.78, 5) is 17.7. The minimum absolute atomic E-state index is 0. The van der Waals surface area contributed by atoms with Gasteiger partial charge in [0.1, 0.15) is 0 Å². The van der Waals surface area contributed by atoms with Crippen LogP contribution >= 0.6 is 0 Å². The Kier molecular flexibility index (Phi) is 30.9. The van der Waals surface area contributed by atoms with Crippen molar-refractivity contribution in [2.45, 2.75) is 13.8 Å². The van der Waals surface area contributed by atoms with Gasteiger partial charge >= 0.3 is 22.4 Å². The normalized spacial score (nSPS) is 4.75. The molecule has 0 aromatic rings. The molecule has 0 heterocycles. The molecule has 1 N–H and O–H groups in total. The van der Waals surface area contributed by atoms with Gasteiger partial charge in [0.2, 0.25) is 0 Å². The molecule has 3 nitrogen and oxygen atoms in total. The van der Waals surface area contributed by atoms with E-state index in [-0.39, 0.29) is 22.4 Å². The fourth-order valence-corrected chi connectivity index (χ4v) is 0. The van der Waals surface area contributed by atoms with Crippen LogP contribution in [-0.4, -0.2) is 17.4 Å². The average molecular weight is 211 g/mol. The zero-order chi connectivity index (χ0) is 6.28. The van der Waals surface area contributed by atoms with Gasteiger partial charge < -0.3 is 9.90 Å². The minimum atomic E-state index is -0.833. The summed E-state index contributed by atoms with van der Waals surface area (Å²) >= 11 is 0. The van der Waals surface area contributed by atoms with E-state index in [4.69, 9.17) is 14.7 Å². The standard InChI is InChI=1S/C2H4O2.C2H3O.Ag/c1-2(3)4;1-2-3;/h1H3,(H,3,4);1H3;/q;-1;+1. The van der Waals surface area contributed by atoms with Crippen molar-refractivity contribution in [3.05, 3.63) is 0 Å². The van der Waals surface area contributed by atoms with Crippen LogP contribution in [0.3, 0.4) is 0 Å². The largest absolute Gasteiger partial charge is 1.00 e. The zero-order valence-electron chi connectivity index (χ0n) is 4.57. The fourth-order valence-electron chi connectivity index (χ4n) is 0. The Morgan fingerprint density at radius 2 is 1.62 bits per heavy atom. The molecular weight excluding hydrogens is 204 g/mol. The Labute approximate surface area is 63.6 Å². The van der Waals surface area contributed by atoms with Crippen molar-refractivity contribution in [1.82, 2.24) is 0 Å². The van der Waals surface area contributed by atoms with Gasteiger partial charge in [0.05, 0.1) is 0 Å². The van der Waals surface area contributed by atoms with Gasteiger partial charge in [0.25, 0.3) is 5.97 Å². The molecule has 0 amide bonds. The number of rotatable bonds is 0. The number of carboxylic acids is 1. The van der Waals surface area contributed by atoms with Crippen LogP contribution in [0.15, 0.2) is 0 Å². The zero-order valence-corrected chi connectivity index (χ0v) is 6.05. The quantitative estimate of drug-likeness (QED) is 0.460. The number of aliphatic carboxylic acids is 1. The molecule has 4 heteroatoms. The number of hydrogen-bond acceptors (Lipinski definition) is 2. The van der Waals surface area contributed by atoms with Gasteiger partial charge in [-0.3, -0.25) is 11.1 Å². The van der Waals surface area contributed by atoms with Crippen molar-refractivity contribution < 1.29 is 37.1 Å². The Morgan fingerprint density at radius 1 is 1.62 bits per heavy atom. The second-order valence-electron chi connectivity index (χ2n) is 0.723. The smallest absolute Gasteiger partial charge is 0.542 e. The maximum atomic E-state index is 9.00. The summed E-state index contributed by atoms with van der Waals surface area (Å²) in [7, 11) is 0. The van der Waals surface area contributed by atoms with E-state index >= 15 is 0 Å². The summed E-state index contributed by atoms with van der Waals surface area (Å²) in [5.41, 5.74) is 0. The number of hydrogen-bond donors (Lipinski definition) is 1. The second-order valence-corrected chi connectivity index (χ2v) is 0.723. The summed E-state index contributed by atoms with van der Waals surface area (Å²) in [5.74, 6) is -0.833. The molecule has 0 aliphatic heterocycles. The van der Waals surface area contributed by atoms with Crippen molar-refractivity contribution in [2.24, 2.45) is 0 Å². The number of carbonyl (C=O) groups is 1. The van der Waals surface area contributed by atoms with E-state index in [0.29, 0.717) is 0 Å². The van der Waals surface area contributed by atoms with E-state index in [2.05, 4.69) is 0 Å². The molecule has 0 fully saturated rings. The molecule has 0 unspecified atom stereocenters. The van der Waals surface area contributed by atoms with Gasteiger partial charge in [-0.2, -0.15) is 6.92 Å². The van der Waals surface area contributed by atoms with E-state index in [1.807, 2.05) is 0 Å². The first-order chi connectivity index (χ1) is 3.15. The summed E-state index contributed by atoms with van der Waals surface area (Å²) in [5, 5.41) is 7.42. The molecule has 0 aliphatic rings.